The fraction of sp³-hybridized carbons (Fsp3) is 0.556. The lowest BCUT2D eigenvalue weighted by Crippen LogP contribution is -2.38. The van der Waals surface area contributed by atoms with Crippen LogP contribution in [0.1, 0.15) is 32.5 Å². The molecule has 0 spiro atoms. The van der Waals surface area contributed by atoms with Crippen LogP contribution in [0, 0.1) is 0 Å². The summed E-state index contributed by atoms with van der Waals surface area (Å²) in [7, 11) is 0. The van der Waals surface area contributed by atoms with Crippen molar-refractivity contribution in [3.8, 4) is 0 Å². The number of imidazole rings is 1. The number of nitrogens with zero attached hydrogens (tertiary/aromatic N) is 2. The van der Waals surface area contributed by atoms with Crippen molar-refractivity contribution in [2.75, 3.05) is 32.8 Å². The van der Waals surface area contributed by atoms with Crippen molar-refractivity contribution in [2.24, 2.45) is 4.99 Å². The van der Waals surface area contributed by atoms with Gasteiger partial charge in [-0.2, -0.15) is 0 Å². The summed E-state index contributed by atoms with van der Waals surface area (Å²) in [6.45, 7) is 8.17. The second kappa shape index (κ2) is 12.9. The van der Waals surface area contributed by atoms with Crippen LogP contribution in [0.4, 0.5) is 0 Å². The van der Waals surface area contributed by atoms with Gasteiger partial charge >= 0.3 is 0 Å². The van der Waals surface area contributed by atoms with Gasteiger partial charge in [0, 0.05) is 39.3 Å². The highest BCUT2D eigenvalue weighted by Crippen LogP contribution is 2.10. The Balaban J connectivity index is 0.00000312. The number of unbranched alkanes of at least 4 members (excludes halogenated alkanes) is 1. The maximum atomic E-state index is 5.34. The molecule has 3 N–H and O–H groups in total. The lowest BCUT2D eigenvalue weighted by Gasteiger charge is -2.10. The molecule has 2 aromatic rings. The van der Waals surface area contributed by atoms with E-state index < -0.39 is 0 Å². The van der Waals surface area contributed by atoms with E-state index in [2.05, 4.69) is 32.5 Å². The monoisotopic (exact) mass is 459 g/mol. The van der Waals surface area contributed by atoms with Crippen LogP contribution in [0.25, 0.3) is 11.0 Å². The predicted octanol–water partition coefficient (Wildman–Crippen LogP) is 3.10. The zero-order valence-corrected chi connectivity index (χ0v) is 17.5. The summed E-state index contributed by atoms with van der Waals surface area (Å²) in [5.41, 5.74) is 2.10. The molecule has 0 aliphatic rings. The van der Waals surface area contributed by atoms with Gasteiger partial charge in [0.05, 0.1) is 11.0 Å². The zero-order valence-electron chi connectivity index (χ0n) is 15.2. The molecule has 0 aliphatic heterocycles. The molecule has 0 radical (unpaired) electrons. The third-order valence-electron chi connectivity index (χ3n) is 3.61. The molecule has 7 heteroatoms. The number of H-pyrrole nitrogens is 1. The van der Waals surface area contributed by atoms with Crippen molar-refractivity contribution in [2.45, 2.75) is 33.1 Å². The SMILES string of the molecule is CCNC(=NCCCCOCC)NCCc1nc2ccccc2[nH]1.I. The normalized spacial score (nSPS) is 11.4. The lowest BCUT2D eigenvalue weighted by atomic mass is 10.3. The number of ether oxygens (including phenoxy) is 1. The molecule has 25 heavy (non-hydrogen) atoms. The Morgan fingerprint density at radius 2 is 2.04 bits per heavy atom. The number of aromatic nitrogens is 2. The number of hydrogen-bond acceptors (Lipinski definition) is 3. The van der Waals surface area contributed by atoms with Gasteiger partial charge in [0.2, 0.25) is 0 Å². The van der Waals surface area contributed by atoms with Gasteiger partial charge in [-0.25, -0.2) is 4.98 Å². The number of benzene rings is 1. The van der Waals surface area contributed by atoms with Gasteiger partial charge < -0.3 is 20.4 Å². The largest absolute Gasteiger partial charge is 0.382 e. The molecule has 0 amide bonds. The lowest BCUT2D eigenvalue weighted by molar-refractivity contribution is 0.144. The molecule has 140 valence electrons. The van der Waals surface area contributed by atoms with Gasteiger partial charge in [-0.1, -0.05) is 12.1 Å². The quantitative estimate of drug-likeness (QED) is 0.221. The number of aliphatic imine (C=N–C) groups is 1. The Morgan fingerprint density at radius 1 is 1.20 bits per heavy atom. The molecule has 1 aromatic carbocycles. The standard InChI is InChI=1S/C18H29N5O.HI/c1-3-19-18(20-12-7-8-14-24-4-2)21-13-11-17-22-15-9-5-6-10-16(15)23-17;/h5-6,9-10H,3-4,7-8,11-14H2,1-2H3,(H,22,23)(H2,19,20,21);1H. The van der Waals surface area contributed by atoms with Gasteiger partial charge in [0.25, 0.3) is 0 Å². The molecule has 0 bridgehead atoms. The first-order chi connectivity index (χ1) is 11.8. The summed E-state index contributed by atoms with van der Waals surface area (Å²) < 4.78 is 5.34. The van der Waals surface area contributed by atoms with Gasteiger partial charge in [-0.05, 0) is 38.8 Å². The van der Waals surface area contributed by atoms with Crippen molar-refractivity contribution in [3.63, 3.8) is 0 Å². The Morgan fingerprint density at radius 3 is 2.80 bits per heavy atom. The zero-order chi connectivity index (χ0) is 17.0. The highest BCUT2D eigenvalue weighted by atomic mass is 127. The number of fused-ring (bicyclic) bond motifs is 1. The highest BCUT2D eigenvalue weighted by molar-refractivity contribution is 14.0. The van der Waals surface area contributed by atoms with E-state index in [0.29, 0.717) is 0 Å². The van der Waals surface area contributed by atoms with Gasteiger partial charge in [0.15, 0.2) is 5.96 Å². The van der Waals surface area contributed by atoms with Crippen molar-refractivity contribution in [1.29, 1.82) is 0 Å². The van der Waals surface area contributed by atoms with Crippen LogP contribution in [-0.2, 0) is 11.2 Å². The van der Waals surface area contributed by atoms with E-state index >= 15 is 0 Å². The van der Waals surface area contributed by atoms with E-state index in [4.69, 9.17) is 4.74 Å². The minimum Gasteiger partial charge on any atom is -0.382 e. The van der Waals surface area contributed by atoms with E-state index in [1.807, 2.05) is 31.2 Å². The molecule has 0 saturated carbocycles. The van der Waals surface area contributed by atoms with E-state index in [0.717, 1.165) is 74.9 Å². The number of rotatable bonds is 10. The molecular weight excluding hydrogens is 429 g/mol. The second-order valence-corrected chi connectivity index (χ2v) is 5.54. The molecule has 0 aliphatic carbocycles. The molecule has 0 atom stereocenters. The number of para-hydroxylation sites is 2. The third-order valence-corrected chi connectivity index (χ3v) is 3.61. The first kappa shape index (κ1) is 21.7. The fourth-order valence-electron chi connectivity index (χ4n) is 2.42. The van der Waals surface area contributed by atoms with Gasteiger partial charge in [-0.15, -0.1) is 24.0 Å². The summed E-state index contributed by atoms with van der Waals surface area (Å²) in [5.74, 6) is 1.86. The summed E-state index contributed by atoms with van der Waals surface area (Å²) in [5, 5.41) is 6.64. The van der Waals surface area contributed by atoms with E-state index in [1.165, 1.54) is 0 Å². The van der Waals surface area contributed by atoms with E-state index in [9.17, 15) is 0 Å². The topological polar surface area (TPSA) is 74.3 Å². The van der Waals surface area contributed by atoms with Crippen LogP contribution in [0.2, 0.25) is 0 Å². The molecule has 1 aromatic heterocycles. The van der Waals surface area contributed by atoms with Crippen molar-refractivity contribution in [3.05, 3.63) is 30.1 Å². The average molecular weight is 459 g/mol. The molecule has 2 rings (SSSR count). The van der Waals surface area contributed by atoms with Gasteiger partial charge in [-0.3, -0.25) is 4.99 Å². The third kappa shape index (κ3) is 8.04. The Kier molecular flexibility index (Phi) is 11.2. The molecule has 0 saturated heterocycles. The summed E-state index contributed by atoms with van der Waals surface area (Å²) in [6, 6.07) is 8.10. The first-order valence-electron chi connectivity index (χ1n) is 8.87. The number of nitrogens with one attached hydrogen (secondary N) is 3. The number of hydrogen-bond donors (Lipinski definition) is 3. The Labute approximate surface area is 167 Å². The summed E-state index contributed by atoms with van der Waals surface area (Å²) in [6.07, 6.45) is 2.93. The van der Waals surface area contributed by atoms with Gasteiger partial charge in [0.1, 0.15) is 5.82 Å². The summed E-state index contributed by atoms with van der Waals surface area (Å²) in [4.78, 5) is 12.5. The van der Waals surface area contributed by atoms with Crippen LogP contribution >= 0.6 is 24.0 Å². The van der Waals surface area contributed by atoms with Crippen molar-refractivity contribution >= 4 is 41.0 Å². The second-order valence-electron chi connectivity index (χ2n) is 5.54. The minimum absolute atomic E-state index is 0. The maximum absolute atomic E-state index is 5.34. The van der Waals surface area contributed by atoms with E-state index in [-0.39, 0.29) is 24.0 Å². The summed E-state index contributed by atoms with van der Waals surface area (Å²) >= 11 is 0. The van der Waals surface area contributed by atoms with Crippen molar-refractivity contribution < 1.29 is 4.74 Å². The minimum atomic E-state index is 0. The fourth-order valence-corrected chi connectivity index (χ4v) is 2.42. The van der Waals surface area contributed by atoms with E-state index in [1.54, 1.807) is 0 Å². The molecule has 6 nitrogen and oxygen atoms in total. The number of guanidine groups is 1. The smallest absolute Gasteiger partial charge is 0.191 e. The van der Waals surface area contributed by atoms with Crippen molar-refractivity contribution in [1.82, 2.24) is 20.6 Å². The molecule has 0 fully saturated rings. The Bertz CT molecular complexity index is 596. The predicted molar refractivity (Wildman–Crippen MR) is 115 cm³/mol. The molecule has 1 heterocycles. The Hall–Kier alpha value is -1.35. The first-order valence-corrected chi connectivity index (χ1v) is 8.87. The van der Waals surface area contributed by atoms with Crippen LogP contribution < -0.4 is 10.6 Å². The maximum Gasteiger partial charge on any atom is 0.191 e. The van der Waals surface area contributed by atoms with Crippen LogP contribution in [0.15, 0.2) is 29.3 Å². The molecular formula is C18H30IN5O. The average Bonchev–Trinajstić information content (AvgIpc) is 3.00. The molecule has 0 unspecified atom stereocenters. The number of aromatic amines is 1. The van der Waals surface area contributed by atoms with Crippen LogP contribution in [0.3, 0.4) is 0 Å². The highest BCUT2D eigenvalue weighted by Gasteiger charge is 2.02. The van der Waals surface area contributed by atoms with Crippen LogP contribution in [0.5, 0.6) is 0 Å². The number of halogens is 1. The van der Waals surface area contributed by atoms with Crippen LogP contribution in [-0.4, -0.2) is 48.8 Å².